The zero-order valence-corrected chi connectivity index (χ0v) is 19.8. The normalized spacial score (nSPS) is 16.0. The monoisotopic (exact) mass is 468 g/mol. The summed E-state index contributed by atoms with van der Waals surface area (Å²) in [4.78, 5) is 32.2. The molecule has 0 spiro atoms. The Hall–Kier alpha value is -2.97. The number of nitrogens with zero attached hydrogens (tertiary/aromatic N) is 2. The van der Waals surface area contributed by atoms with Gasteiger partial charge in [-0.05, 0) is 48.6 Å². The molecule has 0 saturated heterocycles. The van der Waals surface area contributed by atoms with E-state index in [0.717, 1.165) is 29.0 Å². The Balaban J connectivity index is 1.83. The average Bonchev–Trinajstić information content (AvgIpc) is 3.41. The van der Waals surface area contributed by atoms with Gasteiger partial charge in [0.25, 0.3) is 5.56 Å². The lowest BCUT2D eigenvalue weighted by Gasteiger charge is -2.24. The van der Waals surface area contributed by atoms with Gasteiger partial charge in [-0.15, -0.1) is 11.3 Å². The number of fused-ring (bicyclic) bond motifs is 1. The molecule has 1 aliphatic rings. The number of carbonyl (C=O) groups is 1. The number of carbonyl (C=O) groups excluding carboxylic acids is 1. The van der Waals surface area contributed by atoms with Gasteiger partial charge in [0.1, 0.15) is 5.75 Å². The molecule has 0 radical (unpaired) electrons. The molecule has 8 heteroatoms. The fourth-order valence-corrected chi connectivity index (χ4v) is 5.36. The van der Waals surface area contributed by atoms with E-state index in [2.05, 4.69) is 11.9 Å². The number of benzene rings is 1. The minimum Gasteiger partial charge on any atom is -0.494 e. The molecule has 6 nitrogen and oxygen atoms in total. The van der Waals surface area contributed by atoms with Crippen LogP contribution in [-0.4, -0.2) is 24.3 Å². The lowest BCUT2D eigenvalue weighted by molar-refractivity contribution is -0.136. The topological polar surface area (TPSA) is 69.9 Å². The van der Waals surface area contributed by atoms with Crippen molar-refractivity contribution in [3.05, 3.63) is 83.2 Å². The van der Waals surface area contributed by atoms with E-state index in [-0.39, 0.29) is 5.56 Å². The third-order valence-corrected chi connectivity index (χ3v) is 7.01. The van der Waals surface area contributed by atoms with Crippen LogP contribution in [0.1, 0.15) is 43.2 Å². The summed E-state index contributed by atoms with van der Waals surface area (Å²) < 4.78 is 13.0. The van der Waals surface area contributed by atoms with Crippen LogP contribution in [0.4, 0.5) is 0 Å². The molecule has 1 aliphatic heterocycles. The average molecular weight is 469 g/mol. The van der Waals surface area contributed by atoms with Gasteiger partial charge >= 0.3 is 5.97 Å². The van der Waals surface area contributed by atoms with Gasteiger partial charge in [0.15, 0.2) is 4.80 Å². The minimum atomic E-state index is -0.617. The lowest BCUT2D eigenvalue weighted by Crippen LogP contribution is -2.39. The Labute approximate surface area is 193 Å². The highest BCUT2D eigenvalue weighted by atomic mass is 32.1. The van der Waals surface area contributed by atoms with Crippen LogP contribution in [0.15, 0.2) is 62.8 Å². The second-order valence-corrected chi connectivity index (χ2v) is 9.35. The third kappa shape index (κ3) is 4.33. The van der Waals surface area contributed by atoms with E-state index < -0.39 is 12.0 Å². The van der Waals surface area contributed by atoms with Crippen molar-refractivity contribution in [1.29, 1.82) is 0 Å². The van der Waals surface area contributed by atoms with Gasteiger partial charge in [-0.1, -0.05) is 42.9 Å². The Morgan fingerprint density at radius 3 is 2.69 bits per heavy atom. The summed E-state index contributed by atoms with van der Waals surface area (Å²) in [5, 5.41) is 1.97. The number of aromatic nitrogens is 1. The van der Waals surface area contributed by atoms with Crippen molar-refractivity contribution in [3.8, 4) is 5.75 Å². The van der Waals surface area contributed by atoms with Gasteiger partial charge in [-0.2, -0.15) is 0 Å². The molecular formula is C24H24N2O4S2. The number of methoxy groups -OCH3 is 1. The first-order valence-corrected chi connectivity index (χ1v) is 12.1. The molecule has 166 valence electrons. The smallest absolute Gasteiger partial charge is 0.338 e. The van der Waals surface area contributed by atoms with Gasteiger partial charge in [0.05, 0.1) is 35.6 Å². The predicted molar refractivity (Wildman–Crippen MR) is 127 cm³/mol. The summed E-state index contributed by atoms with van der Waals surface area (Å²) >= 11 is 2.89. The predicted octanol–water partition coefficient (Wildman–Crippen LogP) is 3.65. The van der Waals surface area contributed by atoms with E-state index >= 15 is 0 Å². The van der Waals surface area contributed by atoms with E-state index in [0.29, 0.717) is 27.2 Å². The Bertz CT molecular complexity index is 1320. The van der Waals surface area contributed by atoms with Crippen LogP contribution in [0.3, 0.4) is 0 Å². The highest BCUT2D eigenvalue weighted by molar-refractivity contribution is 7.11. The summed E-state index contributed by atoms with van der Waals surface area (Å²) in [5.41, 5.74) is 1.53. The zero-order valence-electron chi connectivity index (χ0n) is 18.2. The molecule has 1 unspecified atom stereocenters. The fourth-order valence-electron chi connectivity index (χ4n) is 3.59. The van der Waals surface area contributed by atoms with Gasteiger partial charge in [0.2, 0.25) is 0 Å². The number of thiophene rings is 1. The Kier molecular flexibility index (Phi) is 6.72. The Morgan fingerprint density at radius 2 is 2.03 bits per heavy atom. The maximum Gasteiger partial charge on any atom is 0.338 e. The zero-order chi connectivity index (χ0) is 22.7. The van der Waals surface area contributed by atoms with Crippen LogP contribution in [-0.2, 0) is 9.53 Å². The summed E-state index contributed by atoms with van der Waals surface area (Å²) in [5.74, 6) is 0.264. The first kappa shape index (κ1) is 22.2. The quantitative estimate of drug-likeness (QED) is 0.392. The van der Waals surface area contributed by atoms with Crippen LogP contribution in [0, 0.1) is 0 Å². The van der Waals surface area contributed by atoms with Crippen molar-refractivity contribution in [1.82, 2.24) is 4.57 Å². The number of rotatable bonds is 7. The molecule has 0 aliphatic carbocycles. The number of thiazole rings is 1. The molecule has 4 rings (SSSR count). The highest BCUT2D eigenvalue weighted by Crippen LogP contribution is 2.31. The standard InChI is InChI=1S/C24H24N2O4S2/c1-4-5-12-30-17-10-8-16(9-11-17)21-20(23(28)29-3)15(2)25-24-26(21)22(27)19(32-24)14-18-7-6-13-31-18/h6-11,13-14,21H,4-5,12H2,1-3H3/b19-14-. The van der Waals surface area contributed by atoms with Crippen molar-refractivity contribution < 1.29 is 14.3 Å². The van der Waals surface area contributed by atoms with Gasteiger partial charge in [-0.25, -0.2) is 9.79 Å². The summed E-state index contributed by atoms with van der Waals surface area (Å²) in [6.07, 6.45) is 3.91. The molecule has 1 aromatic carbocycles. The van der Waals surface area contributed by atoms with Crippen LogP contribution in [0.2, 0.25) is 0 Å². The maximum atomic E-state index is 13.4. The number of esters is 1. The first-order chi connectivity index (χ1) is 15.5. The number of hydrogen-bond acceptors (Lipinski definition) is 7. The second-order valence-electron chi connectivity index (χ2n) is 7.36. The molecule has 0 amide bonds. The van der Waals surface area contributed by atoms with Crippen LogP contribution < -0.4 is 19.6 Å². The molecular weight excluding hydrogens is 444 g/mol. The molecule has 3 aromatic rings. The lowest BCUT2D eigenvalue weighted by atomic mass is 9.96. The van der Waals surface area contributed by atoms with Crippen molar-refractivity contribution in [2.45, 2.75) is 32.7 Å². The second kappa shape index (κ2) is 9.67. The maximum absolute atomic E-state index is 13.4. The van der Waals surface area contributed by atoms with Gasteiger partial charge < -0.3 is 9.47 Å². The largest absolute Gasteiger partial charge is 0.494 e. The van der Waals surface area contributed by atoms with Crippen molar-refractivity contribution in [3.63, 3.8) is 0 Å². The number of unbranched alkanes of at least 4 members (excludes halogenated alkanes) is 1. The molecule has 0 saturated carbocycles. The minimum absolute atomic E-state index is 0.177. The molecule has 0 fully saturated rings. The number of ether oxygens (including phenoxy) is 2. The molecule has 32 heavy (non-hydrogen) atoms. The van der Waals surface area contributed by atoms with Crippen LogP contribution in [0.5, 0.6) is 5.75 Å². The SMILES string of the molecule is CCCCOc1ccc(C2C(C(=O)OC)=C(C)N=c3s/c(=C\c4cccs4)c(=O)n32)cc1. The molecule has 0 N–H and O–H groups in total. The van der Waals surface area contributed by atoms with Gasteiger partial charge in [-0.3, -0.25) is 9.36 Å². The first-order valence-electron chi connectivity index (χ1n) is 10.4. The van der Waals surface area contributed by atoms with E-state index in [4.69, 9.17) is 9.47 Å². The van der Waals surface area contributed by atoms with E-state index in [1.54, 1.807) is 22.8 Å². The van der Waals surface area contributed by atoms with E-state index in [1.807, 2.05) is 47.9 Å². The van der Waals surface area contributed by atoms with Crippen molar-refractivity contribution >= 4 is 34.7 Å². The van der Waals surface area contributed by atoms with E-state index in [9.17, 15) is 9.59 Å². The number of hydrogen-bond donors (Lipinski definition) is 0. The van der Waals surface area contributed by atoms with Crippen molar-refractivity contribution in [2.75, 3.05) is 13.7 Å². The van der Waals surface area contributed by atoms with E-state index in [1.165, 1.54) is 18.4 Å². The molecule has 2 aromatic heterocycles. The fraction of sp³-hybridized carbons (Fsp3) is 0.292. The molecule has 3 heterocycles. The van der Waals surface area contributed by atoms with Crippen LogP contribution >= 0.6 is 22.7 Å². The molecule has 0 bridgehead atoms. The van der Waals surface area contributed by atoms with Gasteiger partial charge in [0, 0.05) is 4.88 Å². The molecule has 1 atom stereocenters. The Morgan fingerprint density at radius 1 is 1.25 bits per heavy atom. The third-order valence-electron chi connectivity index (χ3n) is 5.21. The summed E-state index contributed by atoms with van der Waals surface area (Å²) in [6, 6.07) is 10.8. The van der Waals surface area contributed by atoms with Crippen LogP contribution in [0.25, 0.3) is 6.08 Å². The summed E-state index contributed by atoms with van der Waals surface area (Å²) in [6.45, 7) is 4.54. The summed E-state index contributed by atoms with van der Waals surface area (Å²) in [7, 11) is 1.34. The van der Waals surface area contributed by atoms with Crippen molar-refractivity contribution in [2.24, 2.45) is 4.99 Å². The highest BCUT2D eigenvalue weighted by Gasteiger charge is 2.33. The number of allylic oxidation sites excluding steroid dienone is 1.